The Morgan fingerprint density at radius 3 is 2.31 bits per heavy atom. The van der Waals surface area contributed by atoms with Gasteiger partial charge in [-0.2, -0.15) is 0 Å². The lowest BCUT2D eigenvalue weighted by Gasteiger charge is -2.28. The molecule has 1 rings (SSSR count). The molecule has 1 saturated carbocycles. The summed E-state index contributed by atoms with van der Waals surface area (Å²) in [6.07, 6.45) is 10.6. The maximum Gasteiger partial charge on any atom is 0.0134 e. The molecule has 1 aliphatic carbocycles. The Balaban J connectivity index is 2.14. The summed E-state index contributed by atoms with van der Waals surface area (Å²) in [5.41, 5.74) is 0. The fraction of sp³-hybridized carbons (Fsp3) is 0.667. The monoisotopic (exact) mass is 179 g/mol. The first-order valence-electron chi connectivity index (χ1n) is 5.32. The predicted octanol–water partition coefficient (Wildman–Crippen LogP) is 2.90. The molecule has 1 fully saturated rings. The summed E-state index contributed by atoms with van der Waals surface area (Å²) in [6.45, 7) is 8.46. The minimum absolute atomic E-state index is 0.735. The van der Waals surface area contributed by atoms with E-state index in [4.69, 9.17) is 0 Å². The molecule has 0 atom stereocenters. The number of rotatable bonds is 5. The minimum Gasteiger partial charge on any atom is -0.311 e. The fourth-order valence-corrected chi connectivity index (χ4v) is 2.09. The van der Waals surface area contributed by atoms with Crippen LogP contribution in [-0.4, -0.2) is 12.6 Å². The van der Waals surface area contributed by atoms with Crippen molar-refractivity contribution in [2.75, 3.05) is 6.54 Å². The Kier molecular flexibility index (Phi) is 4.84. The molecule has 1 N–H and O–H groups in total. The zero-order chi connectivity index (χ0) is 9.52. The average molecular weight is 179 g/mol. The lowest BCUT2D eigenvalue weighted by Crippen LogP contribution is -2.33. The SMILES string of the molecule is C=CCN[C@H]1CC[C@H](CC=C)CC1. The van der Waals surface area contributed by atoms with E-state index in [1.54, 1.807) is 0 Å². The van der Waals surface area contributed by atoms with Crippen molar-refractivity contribution in [3.05, 3.63) is 25.3 Å². The maximum atomic E-state index is 3.79. The molecule has 1 nitrogen and oxygen atoms in total. The number of allylic oxidation sites excluding steroid dienone is 1. The first kappa shape index (κ1) is 10.5. The predicted molar refractivity (Wildman–Crippen MR) is 58.8 cm³/mol. The van der Waals surface area contributed by atoms with Crippen molar-refractivity contribution in [2.24, 2.45) is 5.92 Å². The minimum atomic E-state index is 0.735. The van der Waals surface area contributed by atoms with Crippen LogP contribution in [0.4, 0.5) is 0 Å². The van der Waals surface area contributed by atoms with Gasteiger partial charge in [0.25, 0.3) is 0 Å². The van der Waals surface area contributed by atoms with Gasteiger partial charge < -0.3 is 5.32 Å². The first-order chi connectivity index (χ1) is 6.36. The van der Waals surface area contributed by atoms with Crippen LogP contribution in [0.3, 0.4) is 0 Å². The summed E-state index contributed by atoms with van der Waals surface area (Å²) in [5, 5.41) is 3.49. The summed E-state index contributed by atoms with van der Waals surface area (Å²) in [7, 11) is 0. The van der Waals surface area contributed by atoms with Crippen LogP contribution in [0.15, 0.2) is 25.3 Å². The van der Waals surface area contributed by atoms with E-state index in [0.717, 1.165) is 18.5 Å². The second-order valence-electron chi connectivity index (χ2n) is 3.94. The number of hydrogen-bond donors (Lipinski definition) is 1. The molecule has 1 heteroatoms. The quantitative estimate of drug-likeness (QED) is 0.640. The van der Waals surface area contributed by atoms with Crippen LogP contribution in [0.25, 0.3) is 0 Å². The lowest BCUT2D eigenvalue weighted by atomic mass is 9.84. The first-order valence-corrected chi connectivity index (χ1v) is 5.32. The highest BCUT2D eigenvalue weighted by molar-refractivity contribution is 4.83. The van der Waals surface area contributed by atoms with Crippen molar-refractivity contribution < 1.29 is 0 Å². The highest BCUT2D eigenvalue weighted by atomic mass is 14.9. The zero-order valence-corrected chi connectivity index (χ0v) is 8.47. The van der Waals surface area contributed by atoms with Gasteiger partial charge in [-0.25, -0.2) is 0 Å². The van der Waals surface area contributed by atoms with Crippen molar-refractivity contribution in [1.82, 2.24) is 5.32 Å². The molecule has 1 aliphatic rings. The number of hydrogen-bond acceptors (Lipinski definition) is 1. The highest BCUT2D eigenvalue weighted by Gasteiger charge is 2.18. The zero-order valence-electron chi connectivity index (χ0n) is 8.47. The summed E-state index contributed by atoms with van der Waals surface area (Å²) in [6, 6.07) is 0.735. The van der Waals surface area contributed by atoms with Crippen molar-refractivity contribution in [1.29, 1.82) is 0 Å². The third-order valence-corrected chi connectivity index (χ3v) is 2.90. The van der Waals surface area contributed by atoms with E-state index in [-0.39, 0.29) is 0 Å². The van der Waals surface area contributed by atoms with Gasteiger partial charge in [0.2, 0.25) is 0 Å². The topological polar surface area (TPSA) is 12.0 Å². The van der Waals surface area contributed by atoms with Crippen molar-refractivity contribution in [3.63, 3.8) is 0 Å². The van der Waals surface area contributed by atoms with Gasteiger partial charge >= 0.3 is 0 Å². The lowest BCUT2D eigenvalue weighted by molar-refractivity contribution is 0.299. The van der Waals surface area contributed by atoms with Crippen LogP contribution in [0.1, 0.15) is 32.1 Å². The van der Waals surface area contributed by atoms with Gasteiger partial charge in [0.1, 0.15) is 0 Å². The Labute approximate surface area is 81.9 Å². The normalized spacial score (nSPS) is 28.3. The molecule has 0 amide bonds. The molecular formula is C12H21N. The maximum absolute atomic E-state index is 3.79. The second kappa shape index (κ2) is 5.98. The van der Waals surface area contributed by atoms with E-state index >= 15 is 0 Å². The van der Waals surface area contributed by atoms with Crippen LogP contribution in [-0.2, 0) is 0 Å². The third-order valence-electron chi connectivity index (χ3n) is 2.90. The summed E-state index contributed by atoms with van der Waals surface area (Å²) >= 11 is 0. The van der Waals surface area contributed by atoms with E-state index in [1.807, 2.05) is 6.08 Å². The Morgan fingerprint density at radius 2 is 1.77 bits per heavy atom. The van der Waals surface area contributed by atoms with E-state index in [0.29, 0.717) is 0 Å². The molecule has 0 unspecified atom stereocenters. The average Bonchev–Trinajstić information content (AvgIpc) is 2.17. The van der Waals surface area contributed by atoms with Crippen LogP contribution < -0.4 is 5.32 Å². The summed E-state index contributed by atoms with van der Waals surface area (Å²) in [5.74, 6) is 0.902. The standard InChI is InChI=1S/C12H21N/c1-3-5-11-6-8-12(9-7-11)13-10-4-2/h3-4,11-13H,1-2,5-10H2/t11-,12-. The summed E-state index contributed by atoms with van der Waals surface area (Å²) in [4.78, 5) is 0. The van der Waals surface area contributed by atoms with Crippen molar-refractivity contribution in [2.45, 2.75) is 38.1 Å². The van der Waals surface area contributed by atoms with E-state index in [2.05, 4.69) is 24.6 Å². The third kappa shape index (κ3) is 3.77. The highest BCUT2D eigenvalue weighted by Crippen LogP contribution is 2.26. The van der Waals surface area contributed by atoms with Gasteiger partial charge in [-0.05, 0) is 38.0 Å². The molecule has 0 aromatic rings. The number of nitrogens with one attached hydrogen (secondary N) is 1. The van der Waals surface area contributed by atoms with Gasteiger partial charge in [-0.1, -0.05) is 12.2 Å². The molecule has 0 aromatic heterocycles. The van der Waals surface area contributed by atoms with Gasteiger partial charge in [-0.3, -0.25) is 0 Å². The van der Waals surface area contributed by atoms with Crippen LogP contribution >= 0.6 is 0 Å². The second-order valence-corrected chi connectivity index (χ2v) is 3.94. The molecular weight excluding hydrogens is 158 g/mol. The molecule has 0 aromatic carbocycles. The molecule has 74 valence electrons. The Bertz CT molecular complexity index is 155. The van der Waals surface area contributed by atoms with Crippen molar-refractivity contribution in [3.8, 4) is 0 Å². The molecule has 0 bridgehead atoms. The van der Waals surface area contributed by atoms with Gasteiger partial charge in [0, 0.05) is 12.6 Å². The molecule has 0 radical (unpaired) electrons. The Morgan fingerprint density at radius 1 is 1.08 bits per heavy atom. The Hall–Kier alpha value is -0.560. The molecule has 0 aliphatic heterocycles. The molecule has 0 spiro atoms. The fourth-order valence-electron chi connectivity index (χ4n) is 2.09. The molecule has 0 saturated heterocycles. The van der Waals surface area contributed by atoms with E-state index in [1.165, 1.54) is 32.1 Å². The van der Waals surface area contributed by atoms with Crippen LogP contribution in [0.5, 0.6) is 0 Å². The van der Waals surface area contributed by atoms with Crippen LogP contribution in [0, 0.1) is 5.92 Å². The molecule has 13 heavy (non-hydrogen) atoms. The summed E-state index contributed by atoms with van der Waals surface area (Å²) < 4.78 is 0. The smallest absolute Gasteiger partial charge is 0.0134 e. The largest absolute Gasteiger partial charge is 0.311 e. The van der Waals surface area contributed by atoms with Gasteiger partial charge in [-0.15, -0.1) is 13.2 Å². The molecule has 0 heterocycles. The van der Waals surface area contributed by atoms with E-state index < -0.39 is 0 Å². The van der Waals surface area contributed by atoms with Gasteiger partial charge in [0.15, 0.2) is 0 Å². The van der Waals surface area contributed by atoms with Crippen molar-refractivity contribution >= 4 is 0 Å². The van der Waals surface area contributed by atoms with Gasteiger partial charge in [0.05, 0.1) is 0 Å². The van der Waals surface area contributed by atoms with Crippen LogP contribution in [0.2, 0.25) is 0 Å². The van der Waals surface area contributed by atoms with E-state index in [9.17, 15) is 0 Å².